The highest BCUT2D eigenvalue weighted by molar-refractivity contribution is 6.01. The summed E-state index contributed by atoms with van der Waals surface area (Å²) >= 11 is 0. The predicted octanol–water partition coefficient (Wildman–Crippen LogP) is 3.39. The molecule has 1 N–H and O–H groups in total. The first-order valence-corrected chi connectivity index (χ1v) is 12.9. The maximum Gasteiger partial charge on any atom is 0.251 e. The van der Waals surface area contributed by atoms with Gasteiger partial charge in [0.15, 0.2) is 11.5 Å². The van der Waals surface area contributed by atoms with Crippen LogP contribution in [0.15, 0.2) is 54.7 Å². The summed E-state index contributed by atoms with van der Waals surface area (Å²) < 4.78 is 10.7. The molecule has 11 heteroatoms. The highest BCUT2D eigenvalue weighted by Crippen LogP contribution is 2.31. The van der Waals surface area contributed by atoms with Crippen LogP contribution >= 0.6 is 0 Å². The van der Waals surface area contributed by atoms with Gasteiger partial charge < -0.3 is 14.8 Å². The first-order chi connectivity index (χ1) is 19.0. The molecule has 202 valence electrons. The Morgan fingerprint density at radius 3 is 2.62 bits per heavy atom. The van der Waals surface area contributed by atoms with Crippen molar-refractivity contribution in [3.8, 4) is 22.9 Å². The lowest BCUT2D eigenvalue weighted by Crippen LogP contribution is -2.51. The van der Waals surface area contributed by atoms with Crippen LogP contribution in [0.5, 0.6) is 11.5 Å². The van der Waals surface area contributed by atoms with Crippen molar-refractivity contribution in [1.82, 2.24) is 30.5 Å². The molecule has 0 unspecified atom stereocenters. The maximum absolute atomic E-state index is 13.7. The lowest BCUT2D eigenvalue weighted by atomic mass is 10.1. The number of anilines is 1. The van der Waals surface area contributed by atoms with Gasteiger partial charge in [0, 0.05) is 17.0 Å². The Morgan fingerprint density at radius 1 is 1.08 bits per heavy atom. The number of aromatic nitrogens is 5. The van der Waals surface area contributed by atoms with Crippen molar-refractivity contribution in [1.29, 1.82) is 0 Å². The smallest absolute Gasteiger partial charge is 0.251 e. The van der Waals surface area contributed by atoms with Crippen molar-refractivity contribution in [3.05, 3.63) is 54.7 Å². The second-order valence-electron chi connectivity index (χ2n) is 9.53. The molecule has 2 amide bonds. The van der Waals surface area contributed by atoms with Crippen LogP contribution in [0.3, 0.4) is 0 Å². The van der Waals surface area contributed by atoms with E-state index in [-0.39, 0.29) is 24.4 Å². The van der Waals surface area contributed by atoms with Crippen LogP contribution in [0.25, 0.3) is 22.3 Å². The fourth-order valence-electron chi connectivity index (χ4n) is 4.88. The molecule has 0 radical (unpaired) electrons. The summed E-state index contributed by atoms with van der Waals surface area (Å²) in [5.74, 6) is 0.862. The van der Waals surface area contributed by atoms with E-state index in [1.165, 1.54) is 9.70 Å². The van der Waals surface area contributed by atoms with Crippen LogP contribution in [0.1, 0.15) is 32.6 Å². The minimum absolute atomic E-state index is 0.132. The molecule has 39 heavy (non-hydrogen) atoms. The van der Waals surface area contributed by atoms with Gasteiger partial charge in [0.1, 0.15) is 12.6 Å². The third-order valence-corrected chi connectivity index (χ3v) is 6.96. The average Bonchev–Trinajstić information content (AvgIpc) is 3.65. The molecule has 1 aliphatic rings. The molecule has 0 bridgehead atoms. The van der Waals surface area contributed by atoms with Crippen molar-refractivity contribution < 1.29 is 19.1 Å². The number of rotatable bonds is 9. The molecular weight excluding hydrogens is 498 g/mol. The van der Waals surface area contributed by atoms with E-state index in [0.717, 1.165) is 36.6 Å². The Balaban J connectivity index is 1.41. The SMILES string of the molecule is COc1ccc(-c2nnn(CC(=O)N(c3cnc4ccccc4c3)[C@H](C)C(=O)NC3CCCC3)n2)cc1OC. The van der Waals surface area contributed by atoms with Gasteiger partial charge >= 0.3 is 0 Å². The minimum atomic E-state index is -0.769. The third-order valence-electron chi connectivity index (χ3n) is 6.96. The van der Waals surface area contributed by atoms with Gasteiger partial charge in [-0.25, -0.2) is 0 Å². The number of ether oxygens (including phenoxy) is 2. The minimum Gasteiger partial charge on any atom is -0.493 e. The fourth-order valence-corrected chi connectivity index (χ4v) is 4.88. The molecule has 0 saturated heterocycles. The van der Waals surface area contributed by atoms with E-state index in [4.69, 9.17) is 9.47 Å². The van der Waals surface area contributed by atoms with Crippen molar-refractivity contribution in [2.45, 2.75) is 51.2 Å². The molecule has 0 spiro atoms. The largest absolute Gasteiger partial charge is 0.493 e. The number of amides is 2. The van der Waals surface area contributed by atoms with Gasteiger partial charge in [-0.05, 0) is 55.3 Å². The van der Waals surface area contributed by atoms with Crippen molar-refractivity contribution >= 4 is 28.4 Å². The highest BCUT2D eigenvalue weighted by Gasteiger charge is 2.30. The average molecular weight is 530 g/mol. The van der Waals surface area contributed by atoms with Gasteiger partial charge in [-0.3, -0.25) is 19.5 Å². The van der Waals surface area contributed by atoms with Gasteiger partial charge in [0.25, 0.3) is 5.91 Å². The Bertz CT molecular complexity index is 1480. The Morgan fingerprint density at radius 2 is 1.85 bits per heavy atom. The zero-order valence-corrected chi connectivity index (χ0v) is 22.2. The maximum atomic E-state index is 13.7. The van der Waals surface area contributed by atoms with Crippen LogP contribution in [-0.4, -0.2) is 63.3 Å². The second-order valence-corrected chi connectivity index (χ2v) is 9.53. The van der Waals surface area contributed by atoms with E-state index in [1.54, 1.807) is 45.5 Å². The van der Waals surface area contributed by atoms with E-state index < -0.39 is 6.04 Å². The van der Waals surface area contributed by atoms with Gasteiger partial charge in [-0.15, -0.1) is 10.2 Å². The first-order valence-electron chi connectivity index (χ1n) is 12.9. The van der Waals surface area contributed by atoms with E-state index in [9.17, 15) is 9.59 Å². The number of hydrogen-bond donors (Lipinski definition) is 1. The van der Waals surface area contributed by atoms with E-state index in [1.807, 2.05) is 30.3 Å². The predicted molar refractivity (Wildman–Crippen MR) is 145 cm³/mol. The summed E-state index contributed by atoms with van der Waals surface area (Å²) in [6, 6.07) is 14.1. The summed E-state index contributed by atoms with van der Waals surface area (Å²) in [6.07, 6.45) is 5.70. The number of tetrazole rings is 1. The Kier molecular flexibility index (Phi) is 7.67. The normalized spacial score (nSPS) is 14.2. The molecule has 2 aromatic heterocycles. The molecule has 1 aliphatic carbocycles. The van der Waals surface area contributed by atoms with Crippen molar-refractivity contribution in [2.75, 3.05) is 19.1 Å². The number of pyridine rings is 1. The zero-order chi connectivity index (χ0) is 27.4. The standard InChI is InChI=1S/C28H31N7O4/c1-18(28(37)30-21-9-5-6-10-21)35(22-14-19-8-4-7-11-23(19)29-16-22)26(36)17-34-32-27(31-33-34)20-12-13-24(38-2)25(15-20)39-3/h4,7-8,11-16,18,21H,5-6,9-10,17H2,1-3H3,(H,30,37)/t18-/m1/s1. The quantitative estimate of drug-likeness (QED) is 0.350. The van der Waals surface area contributed by atoms with Crippen molar-refractivity contribution in [2.24, 2.45) is 0 Å². The number of nitrogens with one attached hydrogen (secondary N) is 1. The number of benzene rings is 2. The number of carbonyl (C=O) groups excluding carboxylic acids is 2. The number of para-hydroxylation sites is 1. The summed E-state index contributed by atoms with van der Waals surface area (Å²) in [5, 5.41) is 16.6. The van der Waals surface area contributed by atoms with E-state index in [0.29, 0.717) is 28.6 Å². The monoisotopic (exact) mass is 529 g/mol. The fraction of sp³-hybridized carbons (Fsp3) is 0.357. The third kappa shape index (κ3) is 5.66. The molecule has 4 aromatic rings. The number of nitrogens with zero attached hydrogens (tertiary/aromatic N) is 6. The summed E-state index contributed by atoms with van der Waals surface area (Å²) in [4.78, 5) is 34.1. The van der Waals surface area contributed by atoms with Crippen LogP contribution in [-0.2, 0) is 16.1 Å². The molecule has 5 rings (SSSR count). The molecule has 2 heterocycles. The lowest BCUT2D eigenvalue weighted by Gasteiger charge is -2.29. The molecule has 1 atom stereocenters. The Hall–Kier alpha value is -4.54. The van der Waals surface area contributed by atoms with Gasteiger partial charge in [0.05, 0.1) is 31.6 Å². The molecule has 0 aliphatic heterocycles. The molecular formula is C28H31N7O4. The number of methoxy groups -OCH3 is 2. The molecule has 1 saturated carbocycles. The second kappa shape index (κ2) is 11.5. The lowest BCUT2D eigenvalue weighted by molar-refractivity contribution is -0.127. The molecule has 1 fully saturated rings. The van der Waals surface area contributed by atoms with E-state index in [2.05, 4.69) is 25.7 Å². The Labute approximate surface area is 226 Å². The van der Waals surface area contributed by atoms with Gasteiger partial charge in [-0.1, -0.05) is 31.0 Å². The van der Waals surface area contributed by atoms with Crippen LogP contribution < -0.4 is 19.7 Å². The van der Waals surface area contributed by atoms with Gasteiger partial charge in [-0.2, -0.15) is 4.80 Å². The van der Waals surface area contributed by atoms with Crippen LogP contribution in [0.2, 0.25) is 0 Å². The number of carbonyl (C=O) groups is 2. The summed E-state index contributed by atoms with van der Waals surface area (Å²) in [6.45, 7) is 1.51. The summed E-state index contributed by atoms with van der Waals surface area (Å²) in [5.41, 5.74) is 1.98. The van der Waals surface area contributed by atoms with Crippen molar-refractivity contribution in [3.63, 3.8) is 0 Å². The summed E-state index contributed by atoms with van der Waals surface area (Å²) in [7, 11) is 3.11. The first kappa shape index (κ1) is 26.1. The number of fused-ring (bicyclic) bond motifs is 1. The zero-order valence-electron chi connectivity index (χ0n) is 22.2. The highest BCUT2D eigenvalue weighted by atomic mass is 16.5. The van der Waals surface area contributed by atoms with E-state index >= 15 is 0 Å². The molecule has 11 nitrogen and oxygen atoms in total. The van der Waals surface area contributed by atoms with Crippen LogP contribution in [0.4, 0.5) is 5.69 Å². The van der Waals surface area contributed by atoms with Crippen LogP contribution in [0, 0.1) is 0 Å². The number of hydrogen-bond acceptors (Lipinski definition) is 8. The topological polar surface area (TPSA) is 124 Å². The molecule has 2 aromatic carbocycles. The van der Waals surface area contributed by atoms with Gasteiger partial charge in [0.2, 0.25) is 11.7 Å².